The van der Waals surface area contributed by atoms with E-state index in [1.165, 1.54) is 19.4 Å². The molecule has 3 N–H and O–H groups in total. The summed E-state index contributed by atoms with van der Waals surface area (Å²) in [6.07, 6.45) is 16.0. The van der Waals surface area contributed by atoms with E-state index in [-0.39, 0.29) is 12.4 Å². The summed E-state index contributed by atoms with van der Waals surface area (Å²) in [5.74, 6) is 4.90. The summed E-state index contributed by atoms with van der Waals surface area (Å²) in [6.45, 7) is 8.74. The molecule has 0 fully saturated rings. The molecule has 0 aliphatic carbocycles. The van der Waals surface area contributed by atoms with Gasteiger partial charge in [-0.15, -0.1) is 12.8 Å². The molecule has 28 heavy (non-hydrogen) atoms. The average Bonchev–Trinajstić information content (AvgIpc) is 3.20. The monoisotopic (exact) mass is 382 g/mol. The number of terminal acetylenes is 2. The van der Waals surface area contributed by atoms with Gasteiger partial charge in [-0.25, -0.2) is 4.99 Å². The van der Waals surface area contributed by atoms with Crippen molar-refractivity contribution in [2.45, 2.75) is 46.8 Å². The number of nitrogens with zero attached hydrogens (tertiary/aromatic N) is 2. The second-order valence-electron chi connectivity index (χ2n) is 6.54. The van der Waals surface area contributed by atoms with Crippen LogP contribution in [0, 0.1) is 30.1 Å². The molecule has 1 aromatic rings. The number of carbonyl (C=O) groups is 1. The van der Waals surface area contributed by atoms with E-state index in [9.17, 15) is 4.79 Å². The number of carbonyl (C=O) groups excluding carboxylic acids is 1. The molecule has 0 spiro atoms. The van der Waals surface area contributed by atoms with Crippen LogP contribution in [-0.2, 0) is 16.1 Å². The topological polar surface area (TPSA) is 103 Å². The van der Waals surface area contributed by atoms with Crippen LogP contribution in [0.1, 0.15) is 40.4 Å². The first-order valence-corrected chi connectivity index (χ1v) is 8.59. The minimum atomic E-state index is -1.50. The summed E-state index contributed by atoms with van der Waals surface area (Å²) >= 11 is 0. The van der Waals surface area contributed by atoms with Gasteiger partial charge in [0.1, 0.15) is 5.84 Å². The van der Waals surface area contributed by atoms with Gasteiger partial charge in [-0.2, -0.15) is 0 Å². The minimum Gasteiger partial charge on any atom is -0.477 e. The molecular weight excluding hydrogens is 356 g/mol. The molecule has 2 atom stereocenters. The minimum absolute atomic E-state index is 0.0770. The second-order valence-corrected chi connectivity index (χ2v) is 6.54. The molecule has 1 rings (SSSR count). The molecule has 0 bridgehead atoms. The summed E-state index contributed by atoms with van der Waals surface area (Å²) in [6, 6.07) is 1.63. The van der Waals surface area contributed by atoms with Gasteiger partial charge in [-0.05, 0) is 40.2 Å². The average molecular weight is 382 g/mol. The molecule has 0 aromatic carbocycles. The predicted octanol–water partition coefficient (Wildman–Crippen LogP) is 2.52. The van der Waals surface area contributed by atoms with Gasteiger partial charge in [0.25, 0.3) is 0 Å². The quantitative estimate of drug-likeness (QED) is 0.311. The van der Waals surface area contributed by atoms with Crippen LogP contribution >= 0.6 is 0 Å². The summed E-state index contributed by atoms with van der Waals surface area (Å²) < 4.78 is 10.6. The van der Waals surface area contributed by atoms with Crippen molar-refractivity contribution in [3.05, 3.63) is 41.6 Å². The van der Waals surface area contributed by atoms with E-state index in [1.807, 2.05) is 13.8 Å². The Morgan fingerprint density at radius 1 is 1.43 bits per heavy atom. The Balaban J connectivity index is 3.23. The molecule has 1 heterocycles. The van der Waals surface area contributed by atoms with Gasteiger partial charge in [0.15, 0.2) is 11.2 Å². The molecule has 1 amide bonds. The van der Waals surface area contributed by atoms with Crippen LogP contribution in [-0.4, -0.2) is 22.5 Å². The zero-order valence-corrected chi connectivity index (χ0v) is 16.9. The molecular formula is C21H26N4O3. The fraction of sp³-hybridized carbons (Fsp3) is 0.381. The first kappa shape index (κ1) is 22.6. The summed E-state index contributed by atoms with van der Waals surface area (Å²) in [7, 11) is 0. The molecule has 7 heteroatoms. The maximum atomic E-state index is 12.7. The molecule has 148 valence electrons. The van der Waals surface area contributed by atoms with E-state index in [0.29, 0.717) is 11.5 Å². The Morgan fingerprint density at radius 2 is 2.11 bits per heavy atom. The SMILES string of the molecule is C#CC(C)(O/C=C\C)C(/N=C(/N)C(C)(C#C)C(=O)NCc1ccno1)=C(C)C. The Labute approximate surface area is 166 Å². The number of allylic oxidation sites excluding steroid dienone is 2. The van der Waals surface area contributed by atoms with Crippen molar-refractivity contribution < 1.29 is 14.1 Å². The number of aromatic nitrogens is 1. The first-order valence-electron chi connectivity index (χ1n) is 8.59. The first-order chi connectivity index (χ1) is 13.1. The molecule has 0 radical (unpaired) electrons. The third-order valence-corrected chi connectivity index (χ3v) is 4.04. The molecule has 7 nitrogen and oxygen atoms in total. The molecule has 0 aliphatic rings. The van der Waals surface area contributed by atoms with Gasteiger partial charge in [0.05, 0.1) is 24.7 Å². The summed E-state index contributed by atoms with van der Waals surface area (Å²) in [5.41, 5.74) is 4.65. The Kier molecular flexibility index (Phi) is 7.64. The molecule has 1 aromatic heterocycles. The van der Waals surface area contributed by atoms with Crippen molar-refractivity contribution in [3.8, 4) is 24.7 Å². The highest BCUT2D eigenvalue weighted by atomic mass is 16.5. The summed E-state index contributed by atoms with van der Waals surface area (Å²) in [4.78, 5) is 17.1. The second kappa shape index (κ2) is 9.48. The maximum absolute atomic E-state index is 12.7. The third-order valence-electron chi connectivity index (χ3n) is 4.04. The van der Waals surface area contributed by atoms with E-state index in [2.05, 4.69) is 27.3 Å². The highest BCUT2D eigenvalue weighted by Gasteiger charge is 2.38. The van der Waals surface area contributed by atoms with Crippen LogP contribution in [0.4, 0.5) is 0 Å². The van der Waals surface area contributed by atoms with Gasteiger partial charge in [0.2, 0.25) is 11.5 Å². The largest absolute Gasteiger partial charge is 0.477 e. The lowest BCUT2D eigenvalue weighted by Crippen LogP contribution is -2.47. The number of rotatable bonds is 8. The zero-order valence-electron chi connectivity index (χ0n) is 16.9. The number of hydrogen-bond donors (Lipinski definition) is 2. The van der Waals surface area contributed by atoms with Gasteiger partial charge < -0.3 is 20.3 Å². The van der Waals surface area contributed by atoms with Crippen LogP contribution in [0.3, 0.4) is 0 Å². The predicted molar refractivity (Wildman–Crippen MR) is 108 cm³/mol. The molecule has 0 aliphatic heterocycles. The van der Waals surface area contributed by atoms with Crippen molar-refractivity contribution in [2.24, 2.45) is 16.1 Å². The zero-order chi connectivity index (χ0) is 21.4. The van der Waals surface area contributed by atoms with Gasteiger partial charge in [-0.1, -0.05) is 23.1 Å². The number of nitrogens with two attached hydrogens (primary N) is 1. The van der Waals surface area contributed by atoms with Crippen LogP contribution in [0.5, 0.6) is 0 Å². The Bertz CT molecular complexity index is 864. The molecule has 0 saturated carbocycles. The lowest BCUT2D eigenvalue weighted by Gasteiger charge is -2.28. The number of hydrogen-bond acceptors (Lipinski definition) is 5. The number of nitrogens with one attached hydrogen (secondary N) is 1. The van der Waals surface area contributed by atoms with Gasteiger partial charge in [-0.3, -0.25) is 4.79 Å². The van der Waals surface area contributed by atoms with Gasteiger partial charge in [0, 0.05) is 6.07 Å². The van der Waals surface area contributed by atoms with E-state index < -0.39 is 16.9 Å². The van der Waals surface area contributed by atoms with Crippen molar-refractivity contribution in [2.75, 3.05) is 0 Å². The molecule has 2 unspecified atom stereocenters. The van der Waals surface area contributed by atoms with Crippen molar-refractivity contribution in [1.29, 1.82) is 0 Å². The van der Waals surface area contributed by atoms with E-state index in [4.69, 9.17) is 27.8 Å². The smallest absolute Gasteiger partial charge is 0.246 e. The van der Waals surface area contributed by atoms with Crippen LogP contribution in [0.15, 0.2) is 45.4 Å². The highest BCUT2D eigenvalue weighted by Crippen LogP contribution is 2.28. The highest BCUT2D eigenvalue weighted by molar-refractivity contribution is 6.10. The Hall–Kier alpha value is -3.45. The van der Waals surface area contributed by atoms with Crippen molar-refractivity contribution in [3.63, 3.8) is 0 Å². The Morgan fingerprint density at radius 3 is 2.57 bits per heavy atom. The molecule has 0 saturated heterocycles. The number of amidine groups is 1. The number of amides is 1. The fourth-order valence-corrected chi connectivity index (χ4v) is 2.22. The number of aliphatic imine (C=N–C) groups is 1. The summed E-state index contributed by atoms with van der Waals surface area (Å²) in [5, 5.41) is 6.25. The fourth-order valence-electron chi connectivity index (χ4n) is 2.22. The lowest BCUT2D eigenvalue weighted by atomic mass is 9.88. The normalized spacial score (nSPS) is 15.6. The third kappa shape index (κ3) is 5.05. The van der Waals surface area contributed by atoms with Crippen molar-refractivity contribution >= 4 is 11.7 Å². The van der Waals surface area contributed by atoms with E-state index >= 15 is 0 Å². The van der Waals surface area contributed by atoms with Crippen LogP contribution in [0.25, 0.3) is 0 Å². The van der Waals surface area contributed by atoms with E-state index in [1.54, 1.807) is 26.0 Å². The van der Waals surface area contributed by atoms with E-state index in [0.717, 1.165) is 5.57 Å². The van der Waals surface area contributed by atoms with Gasteiger partial charge >= 0.3 is 0 Å². The van der Waals surface area contributed by atoms with Crippen molar-refractivity contribution in [1.82, 2.24) is 10.5 Å². The lowest BCUT2D eigenvalue weighted by molar-refractivity contribution is -0.125. The van der Waals surface area contributed by atoms with Crippen LogP contribution < -0.4 is 11.1 Å². The maximum Gasteiger partial charge on any atom is 0.246 e. The standard InChI is InChI=1S/C21H26N4O3/c1-8-13-27-21(7,10-3)17(15(4)5)25-18(22)20(6,9-2)19(26)23-14-16-11-12-24-28-16/h2-3,8,11-13H,14H2,1,4-7H3,(H2,22,25)(H,23,26)/b13-8-. The number of ether oxygens (including phenoxy) is 1. The van der Waals surface area contributed by atoms with Crippen LogP contribution in [0.2, 0.25) is 0 Å².